The molecule has 0 radical (unpaired) electrons. The molecule has 18 heavy (non-hydrogen) atoms. The highest BCUT2D eigenvalue weighted by Gasteiger charge is 2.17. The Kier molecular flexibility index (Phi) is 4.78. The van der Waals surface area contributed by atoms with Crippen LogP contribution in [0.25, 0.3) is 0 Å². The molecule has 1 aliphatic rings. The van der Waals surface area contributed by atoms with Crippen molar-refractivity contribution in [2.45, 2.75) is 32.4 Å². The van der Waals surface area contributed by atoms with Crippen molar-refractivity contribution in [3.63, 3.8) is 0 Å². The maximum atomic E-state index is 5.41. The van der Waals surface area contributed by atoms with Crippen LogP contribution in [0.5, 0.6) is 11.5 Å². The van der Waals surface area contributed by atoms with Gasteiger partial charge in [0.05, 0.1) is 0 Å². The van der Waals surface area contributed by atoms with Gasteiger partial charge in [-0.3, -0.25) is 0 Å². The van der Waals surface area contributed by atoms with Gasteiger partial charge in [-0.2, -0.15) is 11.8 Å². The number of nitrogens with one attached hydrogen (secondary N) is 1. The van der Waals surface area contributed by atoms with E-state index in [0.717, 1.165) is 23.7 Å². The molecule has 0 aliphatic carbocycles. The number of fused-ring (bicyclic) bond motifs is 1. The van der Waals surface area contributed by atoms with Crippen LogP contribution in [0.3, 0.4) is 0 Å². The highest BCUT2D eigenvalue weighted by Crippen LogP contribution is 2.34. The molecule has 0 bridgehead atoms. The van der Waals surface area contributed by atoms with Crippen LogP contribution in [0.1, 0.15) is 31.9 Å². The fraction of sp³-hybridized carbons (Fsp3) is 0.571. The second-order valence-corrected chi connectivity index (χ2v) is 5.47. The fourth-order valence-corrected chi connectivity index (χ4v) is 2.85. The van der Waals surface area contributed by atoms with Crippen LogP contribution >= 0.6 is 11.8 Å². The summed E-state index contributed by atoms with van der Waals surface area (Å²) in [6.07, 6.45) is 3.30. The van der Waals surface area contributed by atoms with E-state index < -0.39 is 0 Å². The summed E-state index contributed by atoms with van der Waals surface area (Å²) in [6.45, 7) is 4.76. The van der Waals surface area contributed by atoms with Gasteiger partial charge in [-0.1, -0.05) is 13.0 Å². The van der Waals surface area contributed by atoms with Crippen LogP contribution in [-0.4, -0.2) is 24.8 Å². The van der Waals surface area contributed by atoms with Crippen molar-refractivity contribution in [3.05, 3.63) is 23.8 Å². The molecule has 2 atom stereocenters. The quantitative estimate of drug-likeness (QED) is 0.857. The lowest BCUT2D eigenvalue weighted by Gasteiger charge is -2.22. The molecule has 0 spiro atoms. The summed E-state index contributed by atoms with van der Waals surface area (Å²) in [5, 5.41) is 3.66. The molecule has 2 rings (SSSR count). The van der Waals surface area contributed by atoms with E-state index in [4.69, 9.17) is 9.47 Å². The molecule has 1 N–H and O–H groups in total. The van der Waals surface area contributed by atoms with Crippen molar-refractivity contribution < 1.29 is 9.47 Å². The van der Waals surface area contributed by atoms with E-state index in [-0.39, 0.29) is 0 Å². The average molecular weight is 267 g/mol. The van der Waals surface area contributed by atoms with Gasteiger partial charge in [0.25, 0.3) is 0 Å². The Bertz CT molecular complexity index is 397. The summed E-state index contributed by atoms with van der Waals surface area (Å²) in [5.41, 5.74) is 1.25. The maximum absolute atomic E-state index is 5.41. The van der Waals surface area contributed by atoms with E-state index in [0.29, 0.717) is 18.9 Å². The third-order valence-electron chi connectivity index (χ3n) is 3.24. The van der Waals surface area contributed by atoms with Gasteiger partial charge in [0.1, 0.15) is 0 Å². The van der Waals surface area contributed by atoms with Crippen molar-refractivity contribution in [1.82, 2.24) is 5.32 Å². The van der Waals surface area contributed by atoms with Crippen LogP contribution in [0.2, 0.25) is 0 Å². The molecule has 4 heteroatoms. The smallest absolute Gasteiger partial charge is 0.231 e. The first kappa shape index (κ1) is 13.6. The van der Waals surface area contributed by atoms with Gasteiger partial charge in [-0.25, -0.2) is 0 Å². The van der Waals surface area contributed by atoms with E-state index in [1.165, 1.54) is 5.56 Å². The standard InChI is InChI=1S/C14H21NO2S/c1-4-12(8-18-3)15-10(2)11-5-6-13-14(7-11)17-9-16-13/h5-7,10,12,15H,4,8-9H2,1-3H3. The van der Waals surface area contributed by atoms with Gasteiger partial charge in [0.2, 0.25) is 6.79 Å². The molecule has 1 aliphatic heterocycles. The number of thioether (sulfide) groups is 1. The third-order valence-corrected chi connectivity index (χ3v) is 3.98. The summed E-state index contributed by atoms with van der Waals surface area (Å²) in [6, 6.07) is 7.06. The van der Waals surface area contributed by atoms with Crippen LogP contribution in [0.15, 0.2) is 18.2 Å². The first-order valence-corrected chi connectivity index (χ1v) is 7.78. The minimum atomic E-state index is 0.330. The Morgan fingerprint density at radius 3 is 2.83 bits per heavy atom. The normalized spacial score (nSPS) is 16.6. The Balaban J connectivity index is 2.02. The van der Waals surface area contributed by atoms with Crippen LogP contribution in [-0.2, 0) is 0 Å². The van der Waals surface area contributed by atoms with Crippen LogP contribution < -0.4 is 14.8 Å². The van der Waals surface area contributed by atoms with E-state index in [2.05, 4.69) is 37.6 Å². The number of hydrogen-bond acceptors (Lipinski definition) is 4. The van der Waals surface area contributed by atoms with E-state index in [1.54, 1.807) is 0 Å². The first-order valence-electron chi connectivity index (χ1n) is 6.39. The topological polar surface area (TPSA) is 30.5 Å². The van der Waals surface area contributed by atoms with Gasteiger partial charge >= 0.3 is 0 Å². The Morgan fingerprint density at radius 2 is 2.11 bits per heavy atom. The molecule has 1 aromatic carbocycles. The Labute approximate surface area is 113 Å². The molecule has 0 saturated heterocycles. The lowest BCUT2D eigenvalue weighted by Crippen LogP contribution is -2.32. The van der Waals surface area contributed by atoms with Crippen molar-refractivity contribution in [2.24, 2.45) is 0 Å². The zero-order valence-corrected chi connectivity index (χ0v) is 12.0. The first-order chi connectivity index (χ1) is 8.74. The largest absolute Gasteiger partial charge is 0.454 e. The summed E-state index contributed by atoms with van der Waals surface area (Å²) >= 11 is 1.88. The minimum absolute atomic E-state index is 0.330. The Hall–Kier alpha value is -0.870. The molecule has 100 valence electrons. The summed E-state index contributed by atoms with van der Waals surface area (Å²) in [5.74, 6) is 2.85. The second-order valence-electron chi connectivity index (χ2n) is 4.56. The van der Waals surface area contributed by atoms with Crippen LogP contribution in [0, 0.1) is 0 Å². The van der Waals surface area contributed by atoms with Gasteiger partial charge < -0.3 is 14.8 Å². The zero-order valence-electron chi connectivity index (χ0n) is 11.2. The van der Waals surface area contributed by atoms with Crippen molar-refractivity contribution in [2.75, 3.05) is 18.8 Å². The lowest BCUT2D eigenvalue weighted by molar-refractivity contribution is 0.174. The lowest BCUT2D eigenvalue weighted by atomic mass is 10.1. The number of rotatable bonds is 6. The summed E-state index contributed by atoms with van der Waals surface area (Å²) < 4.78 is 10.7. The molecule has 0 fully saturated rings. The number of benzene rings is 1. The molecule has 1 aromatic rings. The number of ether oxygens (including phenoxy) is 2. The molecule has 0 saturated carbocycles. The van der Waals surface area contributed by atoms with Gasteiger partial charge in [0.15, 0.2) is 11.5 Å². The summed E-state index contributed by atoms with van der Waals surface area (Å²) in [4.78, 5) is 0. The molecular weight excluding hydrogens is 246 g/mol. The Morgan fingerprint density at radius 1 is 1.33 bits per heavy atom. The third kappa shape index (κ3) is 3.12. The van der Waals surface area contributed by atoms with Crippen molar-refractivity contribution in [1.29, 1.82) is 0 Å². The summed E-state index contributed by atoms with van der Waals surface area (Å²) in [7, 11) is 0. The molecule has 1 heterocycles. The number of hydrogen-bond donors (Lipinski definition) is 1. The van der Waals surface area contributed by atoms with Crippen molar-refractivity contribution >= 4 is 11.8 Å². The van der Waals surface area contributed by atoms with Crippen LogP contribution in [0.4, 0.5) is 0 Å². The average Bonchev–Trinajstić information content (AvgIpc) is 2.85. The predicted octanol–water partition coefficient (Wildman–Crippen LogP) is 3.21. The zero-order chi connectivity index (χ0) is 13.0. The maximum Gasteiger partial charge on any atom is 0.231 e. The van der Waals surface area contributed by atoms with E-state index >= 15 is 0 Å². The SMILES string of the molecule is CCC(CSC)NC(C)c1ccc2c(c1)OCO2. The van der Waals surface area contributed by atoms with Crippen molar-refractivity contribution in [3.8, 4) is 11.5 Å². The highest BCUT2D eigenvalue weighted by molar-refractivity contribution is 7.98. The highest BCUT2D eigenvalue weighted by atomic mass is 32.2. The predicted molar refractivity (Wildman–Crippen MR) is 76.6 cm³/mol. The van der Waals surface area contributed by atoms with E-state index in [1.807, 2.05) is 17.8 Å². The molecule has 0 amide bonds. The van der Waals surface area contributed by atoms with E-state index in [9.17, 15) is 0 Å². The van der Waals surface area contributed by atoms with Gasteiger partial charge in [0, 0.05) is 17.8 Å². The monoisotopic (exact) mass is 267 g/mol. The molecule has 2 unspecified atom stereocenters. The van der Waals surface area contributed by atoms with Gasteiger partial charge in [-0.05, 0) is 37.3 Å². The second kappa shape index (κ2) is 6.34. The molecule has 0 aromatic heterocycles. The molecular formula is C14H21NO2S. The minimum Gasteiger partial charge on any atom is -0.454 e. The fourth-order valence-electron chi connectivity index (χ4n) is 2.12. The molecule has 3 nitrogen and oxygen atoms in total. The van der Waals surface area contributed by atoms with Gasteiger partial charge in [-0.15, -0.1) is 0 Å².